The predicted molar refractivity (Wildman–Crippen MR) is 157 cm³/mol. The lowest BCUT2D eigenvalue weighted by molar-refractivity contribution is -0.111. The Morgan fingerprint density at radius 1 is 0.514 bits per heavy atom. The van der Waals surface area contributed by atoms with Crippen molar-refractivity contribution in [1.29, 1.82) is 0 Å². The van der Waals surface area contributed by atoms with Gasteiger partial charge in [-0.3, -0.25) is 0 Å². The van der Waals surface area contributed by atoms with Gasteiger partial charge in [0, 0.05) is 0 Å². The van der Waals surface area contributed by atoms with Crippen molar-refractivity contribution in [3.05, 3.63) is 0 Å². The van der Waals surface area contributed by atoms with Crippen LogP contribution in [0, 0.1) is 40.4 Å². The van der Waals surface area contributed by atoms with E-state index in [2.05, 4.69) is 34.6 Å². The summed E-state index contributed by atoms with van der Waals surface area (Å²) in [6.07, 6.45) is 34.6. The van der Waals surface area contributed by atoms with Crippen LogP contribution in [0.2, 0.25) is 0 Å². The number of rotatable bonds is 6. The molecule has 0 saturated heterocycles. The van der Waals surface area contributed by atoms with Gasteiger partial charge in [-0.1, -0.05) is 125 Å². The minimum atomic E-state index is 0.714. The van der Waals surface area contributed by atoms with Crippen molar-refractivity contribution in [3.63, 3.8) is 0 Å². The number of hydrogen-bond acceptors (Lipinski definition) is 0. The Hall–Kier alpha value is 0. The van der Waals surface area contributed by atoms with Crippen LogP contribution in [-0.4, -0.2) is 0 Å². The molecule has 5 aliphatic rings. The summed E-state index contributed by atoms with van der Waals surface area (Å²) in [7, 11) is 0. The second kappa shape index (κ2) is 14.8. The van der Waals surface area contributed by atoms with Crippen LogP contribution in [0.4, 0.5) is 0 Å². The second-order valence-corrected chi connectivity index (χ2v) is 14.2. The van der Waals surface area contributed by atoms with E-state index in [1.807, 2.05) is 0 Å². The molecule has 0 radical (unpaired) electrons. The fourth-order valence-corrected chi connectivity index (χ4v) is 9.76. The summed E-state index contributed by atoms with van der Waals surface area (Å²) in [4.78, 5) is 0. The molecule has 0 aromatic heterocycles. The van der Waals surface area contributed by atoms with Crippen LogP contribution in [-0.2, 0) is 0 Å². The second-order valence-electron chi connectivity index (χ2n) is 14.2. The van der Waals surface area contributed by atoms with Crippen LogP contribution >= 0.6 is 0 Å². The molecule has 5 fully saturated rings. The molecule has 0 amide bonds. The molecule has 206 valence electrons. The number of hydrogen-bond donors (Lipinski definition) is 0. The van der Waals surface area contributed by atoms with Gasteiger partial charge in [0.1, 0.15) is 0 Å². The molecule has 0 spiro atoms. The van der Waals surface area contributed by atoms with Crippen LogP contribution in [0.15, 0.2) is 0 Å². The van der Waals surface area contributed by atoms with E-state index in [9.17, 15) is 0 Å². The molecular formula is C35H66. The van der Waals surface area contributed by atoms with Gasteiger partial charge in [-0.25, -0.2) is 0 Å². The summed E-state index contributed by atoms with van der Waals surface area (Å²) >= 11 is 0. The lowest BCUT2D eigenvalue weighted by Gasteiger charge is -2.60. The molecule has 0 aromatic carbocycles. The summed E-state index contributed by atoms with van der Waals surface area (Å²) in [6, 6.07) is 0. The lowest BCUT2D eigenvalue weighted by Crippen LogP contribution is -2.52. The Bertz CT molecular complexity index is 547. The zero-order valence-corrected chi connectivity index (χ0v) is 25.2. The van der Waals surface area contributed by atoms with E-state index >= 15 is 0 Å². The number of unbranched alkanes of at least 4 members (excludes halogenated alkanes) is 4. The van der Waals surface area contributed by atoms with Gasteiger partial charge in [-0.2, -0.15) is 0 Å². The number of fused-ring (bicyclic) bond motifs is 5. The summed E-state index contributed by atoms with van der Waals surface area (Å²) in [5.74, 6) is 5.41. The molecule has 0 N–H and O–H groups in total. The average molecular weight is 487 g/mol. The Balaban J connectivity index is 0.000000287. The molecular weight excluding hydrogens is 420 g/mol. The molecule has 0 heteroatoms. The monoisotopic (exact) mass is 487 g/mol. The maximum absolute atomic E-state index is 2.74. The molecule has 5 saturated carbocycles. The van der Waals surface area contributed by atoms with Crippen LogP contribution < -0.4 is 0 Å². The minimum absolute atomic E-state index is 0.714. The van der Waals surface area contributed by atoms with E-state index in [0.717, 1.165) is 35.0 Å². The van der Waals surface area contributed by atoms with Crippen molar-refractivity contribution in [2.45, 2.75) is 182 Å². The SMILES string of the molecule is C1CCCCC1.CCCC.CCCCCCC1CCC2C3CCC4CCCCC4(C)C3CCC12C. The van der Waals surface area contributed by atoms with Crippen molar-refractivity contribution < 1.29 is 0 Å². The lowest BCUT2D eigenvalue weighted by atomic mass is 9.45. The standard InChI is InChI=1S/C25H44.C6H12.C4H10/c1-4-5-6-7-10-20-13-15-22-21-14-12-19-11-8-9-17-24(19,2)23(21)16-18-25(20,22)3;1-2-4-6-5-3-1;1-3-4-2/h19-23H,4-18H2,1-3H3;1-6H2;3-4H2,1-2H3. The Morgan fingerprint density at radius 2 is 1.17 bits per heavy atom. The molecule has 7 atom stereocenters. The van der Waals surface area contributed by atoms with Crippen LogP contribution in [0.3, 0.4) is 0 Å². The van der Waals surface area contributed by atoms with Crippen molar-refractivity contribution >= 4 is 0 Å². The molecule has 0 nitrogen and oxygen atoms in total. The normalized spacial score (nSPS) is 40.2. The summed E-state index contributed by atoms with van der Waals surface area (Å²) in [5.41, 5.74) is 1.44. The highest BCUT2D eigenvalue weighted by Gasteiger charge is 2.59. The molecule has 5 aliphatic carbocycles. The smallest absolute Gasteiger partial charge is 0.0266 e. The highest BCUT2D eigenvalue weighted by molar-refractivity contribution is 5.08. The van der Waals surface area contributed by atoms with E-state index < -0.39 is 0 Å². The Morgan fingerprint density at radius 3 is 1.80 bits per heavy atom. The summed E-state index contributed by atoms with van der Waals surface area (Å²) in [5, 5.41) is 0. The van der Waals surface area contributed by atoms with E-state index in [4.69, 9.17) is 0 Å². The van der Waals surface area contributed by atoms with Gasteiger partial charge in [0.2, 0.25) is 0 Å². The fourth-order valence-electron chi connectivity index (χ4n) is 9.76. The first-order valence-electron chi connectivity index (χ1n) is 17.0. The average Bonchev–Trinajstić information content (AvgIpc) is 3.24. The topological polar surface area (TPSA) is 0 Å². The van der Waals surface area contributed by atoms with E-state index in [1.165, 1.54) is 89.9 Å². The highest BCUT2D eigenvalue weighted by atomic mass is 14.6. The van der Waals surface area contributed by atoms with Crippen LogP contribution in [0.1, 0.15) is 182 Å². The maximum Gasteiger partial charge on any atom is -0.0266 e. The third-order valence-corrected chi connectivity index (χ3v) is 12.2. The first kappa shape index (κ1) is 29.6. The van der Waals surface area contributed by atoms with Crippen molar-refractivity contribution in [2.75, 3.05) is 0 Å². The minimum Gasteiger partial charge on any atom is -0.0654 e. The zero-order chi connectivity index (χ0) is 25.2. The summed E-state index contributed by atoms with van der Waals surface area (Å²) < 4.78 is 0. The van der Waals surface area contributed by atoms with Gasteiger partial charge in [0.15, 0.2) is 0 Å². The molecule has 0 aromatic rings. The van der Waals surface area contributed by atoms with Gasteiger partial charge in [-0.15, -0.1) is 0 Å². The zero-order valence-electron chi connectivity index (χ0n) is 25.2. The van der Waals surface area contributed by atoms with Gasteiger partial charge in [0.25, 0.3) is 0 Å². The highest BCUT2D eigenvalue weighted by Crippen LogP contribution is 2.67. The molecule has 5 rings (SSSR count). The quantitative estimate of drug-likeness (QED) is 0.327. The molecule has 0 aliphatic heterocycles. The Kier molecular flexibility index (Phi) is 12.5. The maximum atomic E-state index is 2.74. The third kappa shape index (κ3) is 7.31. The van der Waals surface area contributed by atoms with Crippen LogP contribution in [0.25, 0.3) is 0 Å². The van der Waals surface area contributed by atoms with E-state index in [1.54, 1.807) is 57.8 Å². The van der Waals surface area contributed by atoms with Crippen LogP contribution in [0.5, 0.6) is 0 Å². The van der Waals surface area contributed by atoms with Gasteiger partial charge >= 0.3 is 0 Å². The van der Waals surface area contributed by atoms with Crippen molar-refractivity contribution in [2.24, 2.45) is 40.4 Å². The predicted octanol–water partition coefficient (Wildman–Crippen LogP) is 12.2. The third-order valence-electron chi connectivity index (χ3n) is 12.2. The molecule has 7 unspecified atom stereocenters. The summed E-state index contributed by atoms with van der Waals surface area (Å²) in [6.45, 7) is 12.2. The van der Waals surface area contributed by atoms with E-state index in [0.29, 0.717) is 5.41 Å². The Labute approximate surface area is 222 Å². The van der Waals surface area contributed by atoms with Crippen molar-refractivity contribution in [3.8, 4) is 0 Å². The molecule has 35 heavy (non-hydrogen) atoms. The van der Waals surface area contributed by atoms with E-state index in [-0.39, 0.29) is 0 Å². The first-order valence-corrected chi connectivity index (χ1v) is 17.0. The molecule has 0 heterocycles. The fraction of sp³-hybridized carbons (Fsp3) is 1.00. The largest absolute Gasteiger partial charge is 0.0654 e. The van der Waals surface area contributed by atoms with Crippen molar-refractivity contribution in [1.82, 2.24) is 0 Å². The van der Waals surface area contributed by atoms with Gasteiger partial charge in [0.05, 0.1) is 0 Å². The first-order chi connectivity index (χ1) is 17.0. The van der Waals surface area contributed by atoms with Gasteiger partial charge in [-0.05, 0) is 98.2 Å². The molecule has 0 bridgehead atoms. The van der Waals surface area contributed by atoms with Gasteiger partial charge < -0.3 is 0 Å².